The van der Waals surface area contributed by atoms with Crippen LogP contribution in [0.2, 0.25) is 0 Å². The van der Waals surface area contributed by atoms with Crippen molar-refractivity contribution in [1.82, 2.24) is 0 Å². The Hall–Kier alpha value is -2.21. The van der Waals surface area contributed by atoms with Crippen LogP contribution in [0.5, 0.6) is 0 Å². The molecule has 0 aromatic heterocycles. The lowest BCUT2D eigenvalue weighted by Crippen LogP contribution is -2.26. The maximum absolute atomic E-state index is 13.7. The molecular formula is C15H11BrFNO3. The molecule has 0 radical (unpaired) electrons. The molecule has 2 aromatic rings. The van der Waals surface area contributed by atoms with Crippen LogP contribution in [0.1, 0.15) is 22.0 Å². The van der Waals surface area contributed by atoms with Crippen molar-refractivity contribution < 1.29 is 18.7 Å². The van der Waals surface area contributed by atoms with E-state index in [0.717, 1.165) is 6.07 Å². The summed E-state index contributed by atoms with van der Waals surface area (Å²) in [5, 5.41) is 0. The van der Waals surface area contributed by atoms with E-state index < -0.39 is 23.8 Å². The number of benzene rings is 2. The Morgan fingerprint density at radius 3 is 2.38 bits per heavy atom. The SMILES string of the molecule is NC(=O)[C@@H](OC(=O)c1ccc(Br)cc1F)c1ccccc1. The lowest BCUT2D eigenvalue weighted by Gasteiger charge is -2.15. The fraction of sp³-hybridized carbons (Fsp3) is 0.0667. The van der Waals surface area contributed by atoms with E-state index in [4.69, 9.17) is 10.5 Å². The number of amides is 1. The number of esters is 1. The standard InChI is InChI=1S/C15H11BrFNO3/c16-10-6-7-11(12(17)8-10)15(20)21-13(14(18)19)9-4-2-1-3-5-9/h1-8,13H,(H2,18,19)/t13-/m0/s1. The topological polar surface area (TPSA) is 69.4 Å². The van der Waals surface area contributed by atoms with Crippen LogP contribution in [0.4, 0.5) is 4.39 Å². The quantitative estimate of drug-likeness (QED) is 0.861. The summed E-state index contributed by atoms with van der Waals surface area (Å²) in [5.74, 6) is -2.52. The molecule has 2 rings (SSSR count). The van der Waals surface area contributed by atoms with Gasteiger partial charge in [-0.05, 0) is 18.2 Å². The first-order valence-corrected chi connectivity index (χ1v) is 6.78. The van der Waals surface area contributed by atoms with Gasteiger partial charge in [0.15, 0.2) is 0 Å². The summed E-state index contributed by atoms with van der Waals surface area (Å²) >= 11 is 3.09. The van der Waals surface area contributed by atoms with Crippen LogP contribution in [0.3, 0.4) is 0 Å². The Morgan fingerprint density at radius 2 is 1.81 bits per heavy atom. The first-order valence-electron chi connectivity index (χ1n) is 5.99. The van der Waals surface area contributed by atoms with E-state index in [9.17, 15) is 14.0 Å². The highest BCUT2D eigenvalue weighted by Crippen LogP contribution is 2.21. The number of rotatable bonds is 4. The molecule has 0 aliphatic carbocycles. The van der Waals surface area contributed by atoms with Gasteiger partial charge >= 0.3 is 5.97 Å². The highest BCUT2D eigenvalue weighted by molar-refractivity contribution is 9.10. The summed E-state index contributed by atoms with van der Waals surface area (Å²) in [6.07, 6.45) is -1.26. The zero-order valence-corrected chi connectivity index (χ0v) is 12.3. The third kappa shape index (κ3) is 3.66. The van der Waals surface area contributed by atoms with Gasteiger partial charge in [-0.3, -0.25) is 4.79 Å². The van der Waals surface area contributed by atoms with Gasteiger partial charge in [-0.1, -0.05) is 46.3 Å². The Bertz CT molecular complexity index is 676. The number of ether oxygens (including phenoxy) is 1. The molecule has 0 saturated carbocycles. The zero-order valence-electron chi connectivity index (χ0n) is 10.8. The summed E-state index contributed by atoms with van der Waals surface area (Å²) in [4.78, 5) is 23.4. The van der Waals surface area contributed by atoms with Crippen LogP contribution in [-0.2, 0) is 9.53 Å². The molecule has 2 N–H and O–H groups in total. The number of hydrogen-bond donors (Lipinski definition) is 1. The molecule has 2 aromatic carbocycles. The van der Waals surface area contributed by atoms with Crippen LogP contribution in [0.25, 0.3) is 0 Å². The largest absolute Gasteiger partial charge is 0.444 e. The molecule has 0 heterocycles. The second kappa shape index (κ2) is 6.49. The number of nitrogens with two attached hydrogens (primary N) is 1. The number of carbonyl (C=O) groups excluding carboxylic acids is 2. The van der Waals surface area contributed by atoms with Crippen LogP contribution in [0.15, 0.2) is 53.0 Å². The lowest BCUT2D eigenvalue weighted by molar-refractivity contribution is -0.127. The van der Waals surface area contributed by atoms with Gasteiger partial charge < -0.3 is 10.5 Å². The van der Waals surface area contributed by atoms with Crippen molar-refractivity contribution in [2.45, 2.75) is 6.10 Å². The predicted molar refractivity (Wildman–Crippen MR) is 77.9 cm³/mol. The number of primary amides is 1. The van der Waals surface area contributed by atoms with E-state index in [1.54, 1.807) is 30.3 Å². The molecule has 0 aliphatic rings. The van der Waals surface area contributed by atoms with E-state index in [1.165, 1.54) is 12.1 Å². The summed E-state index contributed by atoms with van der Waals surface area (Å²) in [7, 11) is 0. The van der Waals surface area contributed by atoms with Crippen molar-refractivity contribution in [1.29, 1.82) is 0 Å². The van der Waals surface area contributed by atoms with Crippen LogP contribution in [0, 0.1) is 5.82 Å². The highest BCUT2D eigenvalue weighted by atomic mass is 79.9. The maximum Gasteiger partial charge on any atom is 0.342 e. The molecular weight excluding hydrogens is 341 g/mol. The van der Waals surface area contributed by atoms with E-state index in [2.05, 4.69) is 15.9 Å². The van der Waals surface area contributed by atoms with Gasteiger partial charge in [0, 0.05) is 10.0 Å². The second-order valence-corrected chi connectivity index (χ2v) is 5.14. The van der Waals surface area contributed by atoms with Crippen LogP contribution >= 0.6 is 15.9 Å². The minimum absolute atomic E-state index is 0.264. The van der Waals surface area contributed by atoms with Crippen molar-refractivity contribution in [3.05, 3.63) is 69.9 Å². The average Bonchev–Trinajstić information content (AvgIpc) is 2.45. The summed E-state index contributed by atoms with van der Waals surface area (Å²) in [5.41, 5.74) is 5.40. The molecule has 0 spiro atoms. The minimum Gasteiger partial charge on any atom is -0.444 e. The van der Waals surface area contributed by atoms with E-state index >= 15 is 0 Å². The molecule has 0 fully saturated rings. The Kier molecular flexibility index (Phi) is 4.70. The van der Waals surface area contributed by atoms with E-state index in [0.29, 0.717) is 10.0 Å². The molecule has 4 nitrogen and oxygen atoms in total. The molecule has 0 saturated heterocycles. The Morgan fingerprint density at radius 1 is 1.14 bits per heavy atom. The zero-order chi connectivity index (χ0) is 15.4. The molecule has 108 valence electrons. The highest BCUT2D eigenvalue weighted by Gasteiger charge is 2.24. The number of halogens is 2. The maximum atomic E-state index is 13.7. The monoisotopic (exact) mass is 351 g/mol. The molecule has 0 bridgehead atoms. The Labute approximate surface area is 128 Å². The van der Waals surface area contributed by atoms with Gasteiger partial charge in [-0.15, -0.1) is 0 Å². The molecule has 1 amide bonds. The predicted octanol–water partition coefficient (Wildman–Crippen LogP) is 2.97. The molecule has 6 heteroatoms. The number of hydrogen-bond acceptors (Lipinski definition) is 3. The van der Waals surface area contributed by atoms with E-state index in [1.807, 2.05) is 0 Å². The van der Waals surface area contributed by atoms with Crippen LogP contribution < -0.4 is 5.73 Å². The summed E-state index contributed by atoms with van der Waals surface area (Å²) < 4.78 is 19.2. The fourth-order valence-electron chi connectivity index (χ4n) is 1.74. The molecule has 21 heavy (non-hydrogen) atoms. The lowest BCUT2D eigenvalue weighted by atomic mass is 10.1. The van der Waals surface area contributed by atoms with Gasteiger partial charge in [0.05, 0.1) is 5.56 Å². The van der Waals surface area contributed by atoms with Crippen molar-refractivity contribution in [3.8, 4) is 0 Å². The first kappa shape index (κ1) is 15.2. The first-order chi connectivity index (χ1) is 9.99. The third-order valence-electron chi connectivity index (χ3n) is 2.74. The fourth-order valence-corrected chi connectivity index (χ4v) is 2.08. The van der Waals surface area contributed by atoms with Crippen molar-refractivity contribution in [2.24, 2.45) is 5.73 Å². The Balaban J connectivity index is 2.25. The van der Waals surface area contributed by atoms with Crippen molar-refractivity contribution in [2.75, 3.05) is 0 Å². The van der Waals surface area contributed by atoms with Gasteiger partial charge in [-0.2, -0.15) is 0 Å². The second-order valence-electron chi connectivity index (χ2n) is 4.22. The molecule has 0 aliphatic heterocycles. The summed E-state index contributed by atoms with van der Waals surface area (Å²) in [6.45, 7) is 0. The van der Waals surface area contributed by atoms with Crippen molar-refractivity contribution >= 4 is 27.8 Å². The number of carbonyl (C=O) groups is 2. The average molecular weight is 352 g/mol. The molecule has 0 unspecified atom stereocenters. The minimum atomic E-state index is -1.26. The smallest absolute Gasteiger partial charge is 0.342 e. The van der Waals surface area contributed by atoms with Gasteiger partial charge in [0.2, 0.25) is 6.10 Å². The summed E-state index contributed by atoms with van der Waals surface area (Å²) in [6, 6.07) is 12.2. The van der Waals surface area contributed by atoms with Gasteiger partial charge in [0.25, 0.3) is 5.91 Å². The third-order valence-corrected chi connectivity index (χ3v) is 3.23. The van der Waals surface area contributed by atoms with Crippen molar-refractivity contribution in [3.63, 3.8) is 0 Å². The van der Waals surface area contributed by atoms with E-state index in [-0.39, 0.29) is 5.56 Å². The van der Waals surface area contributed by atoms with Gasteiger partial charge in [0.1, 0.15) is 5.82 Å². The normalized spacial score (nSPS) is 11.7. The molecule has 1 atom stereocenters. The van der Waals surface area contributed by atoms with Gasteiger partial charge in [-0.25, -0.2) is 9.18 Å². The van der Waals surface area contributed by atoms with Crippen LogP contribution in [-0.4, -0.2) is 11.9 Å².